The van der Waals surface area contributed by atoms with E-state index in [0.717, 1.165) is 58.4 Å². The van der Waals surface area contributed by atoms with E-state index in [2.05, 4.69) is 60.6 Å². The first kappa shape index (κ1) is 21.7. The summed E-state index contributed by atoms with van der Waals surface area (Å²) in [5.41, 5.74) is 2.43. The summed E-state index contributed by atoms with van der Waals surface area (Å²) in [5, 5.41) is 6.83. The van der Waals surface area contributed by atoms with Gasteiger partial charge < -0.3 is 20.1 Å². The van der Waals surface area contributed by atoms with Gasteiger partial charge in [0.05, 0.1) is 26.4 Å². The van der Waals surface area contributed by atoms with Gasteiger partial charge in [-0.1, -0.05) is 31.2 Å². The van der Waals surface area contributed by atoms with E-state index >= 15 is 0 Å². The van der Waals surface area contributed by atoms with Crippen molar-refractivity contribution in [2.45, 2.75) is 46.4 Å². The highest BCUT2D eigenvalue weighted by molar-refractivity contribution is 5.79. The summed E-state index contributed by atoms with van der Waals surface area (Å²) in [4.78, 5) is 7.24. The first-order valence-corrected chi connectivity index (χ1v) is 10.2. The fourth-order valence-electron chi connectivity index (χ4n) is 3.08. The van der Waals surface area contributed by atoms with Gasteiger partial charge in [-0.05, 0) is 31.4 Å². The first-order chi connectivity index (χ1) is 13.2. The summed E-state index contributed by atoms with van der Waals surface area (Å²) in [6.45, 7) is 13.9. The quantitative estimate of drug-likeness (QED) is 0.373. The van der Waals surface area contributed by atoms with Crippen LogP contribution in [0.5, 0.6) is 0 Å². The molecule has 0 aromatic heterocycles. The van der Waals surface area contributed by atoms with Gasteiger partial charge >= 0.3 is 0 Å². The molecule has 1 heterocycles. The lowest BCUT2D eigenvalue weighted by atomic mass is 10.1. The van der Waals surface area contributed by atoms with Crippen molar-refractivity contribution < 1.29 is 9.47 Å². The fraction of sp³-hybridized carbons (Fsp3) is 0.667. The van der Waals surface area contributed by atoms with E-state index in [9.17, 15) is 0 Å². The molecular weight excluding hydrogens is 340 g/mol. The lowest BCUT2D eigenvalue weighted by Gasteiger charge is -2.32. The van der Waals surface area contributed by atoms with Crippen LogP contribution in [0.2, 0.25) is 0 Å². The third-order valence-electron chi connectivity index (χ3n) is 4.71. The number of guanidine groups is 1. The number of hydrogen-bond donors (Lipinski definition) is 2. The number of aliphatic imine (C=N–C) groups is 1. The average molecular weight is 377 g/mol. The molecule has 0 spiro atoms. The molecule has 27 heavy (non-hydrogen) atoms. The minimum absolute atomic E-state index is 0.451. The van der Waals surface area contributed by atoms with E-state index in [0.29, 0.717) is 19.2 Å². The summed E-state index contributed by atoms with van der Waals surface area (Å²) < 4.78 is 11.2. The van der Waals surface area contributed by atoms with E-state index in [1.54, 1.807) is 0 Å². The number of nitrogens with one attached hydrogen (secondary N) is 2. The molecule has 1 aliphatic rings. The van der Waals surface area contributed by atoms with Crippen molar-refractivity contribution in [2.75, 3.05) is 46.0 Å². The maximum Gasteiger partial charge on any atom is 0.191 e. The molecule has 1 aromatic rings. The molecule has 0 aliphatic carbocycles. The van der Waals surface area contributed by atoms with Crippen LogP contribution in [0.25, 0.3) is 0 Å². The van der Waals surface area contributed by atoms with Crippen LogP contribution in [0.4, 0.5) is 0 Å². The normalized spacial score (nSPS) is 16.9. The molecule has 1 unspecified atom stereocenters. The van der Waals surface area contributed by atoms with Crippen molar-refractivity contribution in [3.05, 3.63) is 35.4 Å². The van der Waals surface area contributed by atoms with Crippen molar-refractivity contribution in [1.82, 2.24) is 15.5 Å². The minimum atomic E-state index is 0.451. The summed E-state index contributed by atoms with van der Waals surface area (Å²) in [5.74, 6) is 0.863. The Morgan fingerprint density at radius 3 is 2.63 bits per heavy atom. The van der Waals surface area contributed by atoms with Crippen LogP contribution >= 0.6 is 0 Å². The molecule has 152 valence electrons. The largest absolute Gasteiger partial charge is 0.379 e. The molecule has 0 saturated carbocycles. The molecule has 0 amide bonds. The molecule has 2 rings (SSSR count). The van der Waals surface area contributed by atoms with Crippen LogP contribution in [0.3, 0.4) is 0 Å². The monoisotopic (exact) mass is 376 g/mol. The summed E-state index contributed by atoms with van der Waals surface area (Å²) in [7, 11) is 0. The van der Waals surface area contributed by atoms with Crippen LogP contribution in [0, 0.1) is 0 Å². The number of nitrogens with zero attached hydrogens (tertiary/aromatic N) is 2. The predicted molar refractivity (Wildman–Crippen MR) is 111 cm³/mol. The number of benzene rings is 1. The number of morpholine rings is 1. The lowest BCUT2D eigenvalue weighted by molar-refractivity contribution is 0.0211. The Balaban J connectivity index is 1.90. The Kier molecular flexibility index (Phi) is 10.2. The highest BCUT2D eigenvalue weighted by atomic mass is 16.5. The molecule has 6 heteroatoms. The predicted octanol–water partition coefficient (Wildman–Crippen LogP) is 2.39. The van der Waals surface area contributed by atoms with Crippen LogP contribution in [-0.2, 0) is 22.6 Å². The van der Waals surface area contributed by atoms with Crippen LogP contribution in [0.1, 0.15) is 38.3 Å². The maximum absolute atomic E-state index is 5.71. The van der Waals surface area contributed by atoms with Gasteiger partial charge in [-0.3, -0.25) is 4.90 Å². The van der Waals surface area contributed by atoms with Crippen molar-refractivity contribution in [1.29, 1.82) is 0 Å². The fourth-order valence-corrected chi connectivity index (χ4v) is 3.08. The number of rotatable bonds is 10. The Hall–Kier alpha value is -1.63. The van der Waals surface area contributed by atoms with E-state index in [4.69, 9.17) is 14.5 Å². The second-order valence-corrected chi connectivity index (χ2v) is 6.89. The van der Waals surface area contributed by atoms with Crippen molar-refractivity contribution in [2.24, 2.45) is 4.99 Å². The lowest BCUT2D eigenvalue weighted by Crippen LogP contribution is -2.49. The van der Waals surface area contributed by atoms with Crippen LogP contribution in [0.15, 0.2) is 29.3 Å². The van der Waals surface area contributed by atoms with E-state index in [1.165, 1.54) is 11.1 Å². The average Bonchev–Trinajstić information content (AvgIpc) is 2.71. The molecule has 1 aromatic carbocycles. The highest BCUT2D eigenvalue weighted by Gasteiger charge is 2.17. The van der Waals surface area contributed by atoms with Crippen LogP contribution in [-0.4, -0.2) is 62.9 Å². The maximum atomic E-state index is 5.71. The number of hydrogen-bond acceptors (Lipinski definition) is 4. The summed E-state index contributed by atoms with van der Waals surface area (Å²) in [6.07, 6.45) is 1.04. The number of ether oxygens (including phenoxy) is 2. The van der Waals surface area contributed by atoms with Gasteiger partial charge in [0, 0.05) is 38.8 Å². The van der Waals surface area contributed by atoms with Crippen molar-refractivity contribution in [3.63, 3.8) is 0 Å². The zero-order valence-corrected chi connectivity index (χ0v) is 17.2. The molecule has 1 fully saturated rings. The van der Waals surface area contributed by atoms with Gasteiger partial charge in [0.2, 0.25) is 0 Å². The second kappa shape index (κ2) is 12.7. The molecular formula is C21H36N4O2. The Bertz CT molecular complexity index is 559. The molecule has 1 aliphatic heterocycles. The molecule has 1 saturated heterocycles. The highest BCUT2D eigenvalue weighted by Crippen LogP contribution is 2.12. The first-order valence-electron chi connectivity index (χ1n) is 10.2. The van der Waals surface area contributed by atoms with Gasteiger partial charge in [0.25, 0.3) is 0 Å². The molecule has 6 nitrogen and oxygen atoms in total. The summed E-state index contributed by atoms with van der Waals surface area (Å²) >= 11 is 0. The smallest absolute Gasteiger partial charge is 0.191 e. The van der Waals surface area contributed by atoms with Gasteiger partial charge in [0.1, 0.15) is 0 Å². The topological polar surface area (TPSA) is 58.1 Å². The Morgan fingerprint density at radius 1 is 1.19 bits per heavy atom. The van der Waals surface area contributed by atoms with E-state index < -0.39 is 0 Å². The minimum Gasteiger partial charge on any atom is -0.379 e. The Morgan fingerprint density at radius 2 is 1.93 bits per heavy atom. The standard InChI is InChI=1S/C21H36N4O2/c1-4-12-27-17-20-9-7-6-8-19(20)16-24-21(22-5-2)23-15-18(3)25-10-13-26-14-11-25/h6-9,18H,4-5,10-17H2,1-3H3,(H2,22,23,24). The zero-order valence-electron chi connectivity index (χ0n) is 17.2. The van der Waals surface area contributed by atoms with Gasteiger partial charge in [0.15, 0.2) is 5.96 Å². The van der Waals surface area contributed by atoms with E-state index in [1.807, 2.05) is 0 Å². The zero-order chi connectivity index (χ0) is 19.3. The molecule has 0 bridgehead atoms. The van der Waals surface area contributed by atoms with Gasteiger partial charge in [-0.15, -0.1) is 0 Å². The molecule has 1 atom stereocenters. The molecule has 2 N–H and O–H groups in total. The third kappa shape index (κ3) is 7.87. The second-order valence-electron chi connectivity index (χ2n) is 6.89. The third-order valence-corrected chi connectivity index (χ3v) is 4.71. The van der Waals surface area contributed by atoms with Gasteiger partial charge in [-0.2, -0.15) is 0 Å². The van der Waals surface area contributed by atoms with Crippen LogP contribution < -0.4 is 10.6 Å². The van der Waals surface area contributed by atoms with Crippen molar-refractivity contribution in [3.8, 4) is 0 Å². The SMILES string of the molecule is CCCOCc1ccccc1CN=C(NCC)NCC(C)N1CCOCC1. The van der Waals surface area contributed by atoms with Gasteiger partial charge in [-0.25, -0.2) is 4.99 Å². The Labute approximate surface area is 164 Å². The summed E-state index contributed by atoms with van der Waals surface area (Å²) in [6, 6.07) is 8.84. The molecule has 0 radical (unpaired) electrons. The van der Waals surface area contributed by atoms with E-state index in [-0.39, 0.29) is 0 Å². The van der Waals surface area contributed by atoms with Crippen molar-refractivity contribution >= 4 is 5.96 Å².